The fourth-order valence-electron chi connectivity index (χ4n) is 4.46. The van der Waals surface area contributed by atoms with Gasteiger partial charge in [0.2, 0.25) is 0 Å². The second kappa shape index (κ2) is 9.05. The number of carbonyl (C=O) groups is 1. The van der Waals surface area contributed by atoms with E-state index in [1.54, 1.807) is 31.3 Å². The minimum absolute atomic E-state index is 0.262. The Morgan fingerprint density at radius 1 is 1.09 bits per heavy atom. The van der Waals surface area contributed by atoms with Crippen LogP contribution in [0.2, 0.25) is 0 Å². The van der Waals surface area contributed by atoms with Crippen LogP contribution in [0.15, 0.2) is 35.6 Å². The standard InChI is InChI=1S/C22H33NO7S2/c1-7-12-22(13-8-2)19(24)17(20(25)30-22)18(15-10-9-11-16(14-15)23-4)21(3,31(5,26)27)32(6,28)29/h9-11,14,18,23-24H,7-8,12-13H2,1-6H3. The third kappa shape index (κ3) is 4.26. The number of hydrogen-bond donors (Lipinski definition) is 2. The Morgan fingerprint density at radius 3 is 2.06 bits per heavy atom. The molecule has 0 saturated carbocycles. The van der Waals surface area contributed by atoms with Gasteiger partial charge in [0.15, 0.2) is 29.4 Å². The largest absolute Gasteiger partial charge is 0.507 e. The van der Waals surface area contributed by atoms with Gasteiger partial charge in [-0.1, -0.05) is 38.8 Å². The molecule has 0 radical (unpaired) electrons. The third-order valence-corrected chi connectivity index (χ3v) is 11.5. The topological polar surface area (TPSA) is 127 Å². The fraction of sp³-hybridized carbons (Fsp3) is 0.591. The normalized spacial score (nSPS) is 17.9. The number of aliphatic hydroxyl groups excluding tert-OH is 1. The minimum Gasteiger partial charge on any atom is -0.507 e. The zero-order chi connectivity index (χ0) is 24.5. The van der Waals surface area contributed by atoms with E-state index in [0.29, 0.717) is 31.4 Å². The highest BCUT2D eigenvalue weighted by atomic mass is 32.3. The van der Waals surface area contributed by atoms with Gasteiger partial charge in [-0.2, -0.15) is 0 Å². The Labute approximate surface area is 190 Å². The molecule has 1 aliphatic heterocycles. The average Bonchev–Trinajstić information content (AvgIpc) is 2.91. The van der Waals surface area contributed by atoms with Gasteiger partial charge in [-0.15, -0.1) is 0 Å². The van der Waals surface area contributed by atoms with Gasteiger partial charge in [0.25, 0.3) is 0 Å². The summed E-state index contributed by atoms with van der Waals surface area (Å²) in [4.78, 5) is 13.2. The van der Waals surface area contributed by atoms with Crippen molar-refractivity contribution in [2.24, 2.45) is 0 Å². The van der Waals surface area contributed by atoms with E-state index >= 15 is 0 Å². The molecule has 0 bridgehead atoms. The summed E-state index contributed by atoms with van der Waals surface area (Å²) in [6, 6.07) is 6.47. The maximum absolute atomic E-state index is 13.2. The van der Waals surface area contributed by atoms with Crippen molar-refractivity contribution in [2.75, 3.05) is 24.9 Å². The number of esters is 1. The number of aliphatic hydroxyl groups is 1. The van der Waals surface area contributed by atoms with E-state index in [9.17, 15) is 26.7 Å². The summed E-state index contributed by atoms with van der Waals surface area (Å²) in [7, 11) is -6.93. The van der Waals surface area contributed by atoms with Crippen molar-refractivity contribution >= 4 is 31.3 Å². The predicted octanol–water partition coefficient (Wildman–Crippen LogP) is 3.33. The number of cyclic esters (lactones) is 1. The van der Waals surface area contributed by atoms with E-state index in [2.05, 4.69) is 5.32 Å². The summed E-state index contributed by atoms with van der Waals surface area (Å²) >= 11 is 0. The molecule has 0 amide bonds. The van der Waals surface area contributed by atoms with Crippen LogP contribution < -0.4 is 5.32 Å². The molecule has 180 valence electrons. The van der Waals surface area contributed by atoms with E-state index in [1.165, 1.54) is 0 Å². The van der Waals surface area contributed by atoms with Gasteiger partial charge in [-0.25, -0.2) is 21.6 Å². The first-order chi connectivity index (χ1) is 14.7. The van der Waals surface area contributed by atoms with Crippen molar-refractivity contribution in [3.63, 3.8) is 0 Å². The van der Waals surface area contributed by atoms with Crippen molar-refractivity contribution < 1.29 is 31.5 Å². The summed E-state index contributed by atoms with van der Waals surface area (Å²) in [6.07, 6.45) is 3.51. The van der Waals surface area contributed by atoms with Crippen LogP contribution in [0, 0.1) is 0 Å². The van der Waals surface area contributed by atoms with E-state index in [4.69, 9.17) is 4.74 Å². The first-order valence-corrected chi connectivity index (χ1v) is 14.3. The summed E-state index contributed by atoms with van der Waals surface area (Å²) in [5.74, 6) is -2.78. The second-order valence-corrected chi connectivity index (χ2v) is 13.6. The molecule has 0 fully saturated rings. The summed E-state index contributed by atoms with van der Waals surface area (Å²) in [6.45, 7) is 4.84. The van der Waals surface area contributed by atoms with Gasteiger partial charge >= 0.3 is 5.97 Å². The van der Waals surface area contributed by atoms with Crippen molar-refractivity contribution in [3.8, 4) is 0 Å². The lowest BCUT2D eigenvalue weighted by molar-refractivity contribution is -0.149. The van der Waals surface area contributed by atoms with Gasteiger partial charge < -0.3 is 15.2 Å². The highest BCUT2D eigenvalue weighted by Gasteiger charge is 2.60. The Morgan fingerprint density at radius 2 is 1.62 bits per heavy atom. The zero-order valence-electron chi connectivity index (χ0n) is 19.4. The Balaban J connectivity index is 3.00. The molecule has 0 aromatic heterocycles. The van der Waals surface area contributed by atoms with Crippen LogP contribution in [0.3, 0.4) is 0 Å². The van der Waals surface area contributed by atoms with Crippen molar-refractivity contribution in [3.05, 3.63) is 41.2 Å². The number of anilines is 1. The van der Waals surface area contributed by atoms with Crippen LogP contribution in [0.1, 0.15) is 57.9 Å². The monoisotopic (exact) mass is 487 g/mol. The molecule has 0 saturated heterocycles. The minimum atomic E-state index is -4.30. The maximum Gasteiger partial charge on any atom is 0.339 e. The second-order valence-electron chi connectivity index (χ2n) is 8.51. The van der Waals surface area contributed by atoms with Gasteiger partial charge in [0.05, 0.1) is 11.5 Å². The summed E-state index contributed by atoms with van der Waals surface area (Å²) < 4.78 is 55.2. The van der Waals surface area contributed by atoms with E-state index in [-0.39, 0.29) is 16.9 Å². The Hall–Kier alpha value is -2.07. The third-order valence-electron chi connectivity index (χ3n) is 6.30. The molecule has 1 atom stereocenters. The lowest BCUT2D eigenvalue weighted by Gasteiger charge is -2.35. The van der Waals surface area contributed by atoms with Gasteiger partial charge in [-0.3, -0.25) is 0 Å². The number of sulfone groups is 2. The molecule has 8 nitrogen and oxygen atoms in total. The molecule has 0 spiro atoms. The fourth-order valence-corrected chi connectivity index (χ4v) is 8.02. The molecule has 1 aliphatic rings. The van der Waals surface area contributed by atoms with Crippen molar-refractivity contribution in [2.45, 2.75) is 62.1 Å². The first kappa shape index (κ1) is 26.2. The van der Waals surface area contributed by atoms with Crippen LogP contribution >= 0.6 is 0 Å². The van der Waals surface area contributed by atoms with Crippen LogP contribution in [-0.2, 0) is 29.2 Å². The molecule has 2 N–H and O–H groups in total. The quantitative estimate of drug-likeness (QED) is 0.481. The number of ether oxygens (including phenoxy) is 1. The Bertz CT molecular complexity index is 1080. The molecule has 1 aromatic carbocycles. The number of nitrogens with one attached hydrogen (secondary N) is 1. The van der Waals surface area contributed by atoms with Crippen LogP contribution in [0.4, 0.5) is 5.69 Å². The summed E-state index contributed by atoms with van der Waals surface area (Å²) in [5.41, 5.74) is -0.766. The van der Waals surface area contributed by atoms with E-state index < -0.39 is 41.2 Å². The number of carbonyl (C=O) groups excluding carboxylic acids is 1. The number of rotatable bonds is 10. The van der Waals surface area contributed by atoms with E-state index in [1.807, 2.05) is 13.8 Å². The highest BCUT2D eigenvalue weighted by molar-refractivity contribution is 8.09. The molecule has 0 aliphatic carbocycles. The van der Waals surface area contributed by atoms with Crippen LogP contribution in [0.5, 0.6) is 0 Å². The predicted molar refractivity (Wildman–Crippen MR) is 125 cm³/mol. The van der Waals surface area contributed by atoms with Gasteiger partial charge in [0, 0.05) is 25.2 Å². The SMILES string of the molecule is CCCC1(CCC)OC(=O)C(C(c2cccc(NC)c2)C(C)(S(C)(=O)=O)S(C)(=O)=O)=C1O. The number of benzene rings is 1. The van der Waals surface area contributed by atoms with Crippen LogP contribution in [-0.4, -0.2) is 57.2 Å². The van der Waals surface area contributed by atoms with Crippen LogP contribution in [0.25, 0.3) is 0 Å². The average molecular weight is 488 g/mol. The molecule has 1 aromatic rings. The Kier molecular flexibility index (Phi) is 7.41. The van der Waals surface area contributed by atoms with Gasteiger partial charge in [-0.05, 0) is 37.5 Å². The molecular weight excluding hydrogens is 454 g/mol. The smallest absolute Gasteiger partial charge is 0.339 e. The van der Waals surface area contributed by atoms with Crippen molar-refractivity contribution in [1.29, 1.82) is 0 Å². The molecule has 2 rings (SSSR count). The summed E-state index contributed by atoms with van der Waals surface area (Å²) in [5, 5.41) is 14.2. The number of hydrogen-bond acceptors (Lipinski definition) is 8. The highest BCUT2D eigenvalue weighted by Crippen LogP contribution is 2.50. The molecular formula is C22H33NO7S2. The van der Waals surface area contributed by atoms with Gasteiger partial charge in [0.1, 0.15) is 5.76 Å². The van der Waals surface area contributed by atoms with E-state index in [0.717, 1.165) is 19.4 Å². The molecule has 10 heteroatoms. The van der Waals surface area contributed by atoms with Crippen molar-refractivity contribution in [1.82, 2.24) is 0 Å². The lowest BCUT2D eigenvalue weighted by Crippen LogP contribution is -2.49. The maximum atomic E-state index is 13.2. The molecule has 1 unspecified atom stereocenters. The molecule has 1 heterocycles. The zero-order valence-corrected chi connectivity index (χ0v) is 21.1. The molecule has 32 heavy (non-hydrogen) atoms. The first-order valence-electron chi connectivity index (χ1n) is 10.5. The lowest BCUT2D eigenvalue weighted by atomic mass is 9.83.